The first-order valence-corrected chi connectivity index (χ1v) is 4.08. The lowest BCUT2D eigenvalue weighted by atomic mass is 10.1. The summed E-state index contributed by atoms with van der Waals surface area (Å²) >= 11 is 0. The van der Waals surface area contributed by atoms with E-state index in [4.69, 9.17) is 9.47 Å². The van der Waals surface area contributed by atoms with Gasteiger partial charge < -0.3 is 19.4 Å². The van der Waals surface area contributed by atoms with Gasteiger partial charge in [-0.25, -0.2) is 0 Å². The minimum Gasteiger partial charge on any atom is -0.550 e. The van der Waals surface area contributed by atoms with E-state index < -0.39 is 5.97 Å². The number of methoxy groups -OCH3 is 2. The molecule has 0 fully saturated rings. The Morgan fingerprint density at radius 3 is 2.57 bits per heavy atom. The van der Waals surface area contributed by atoms with Gasteiger partial charge in [0.25, 0.3) is 0 Å². The second kappa shape index (κ2) is 4.50. The van der Waals surface area contributed by atoms with E-state index in [1.54, 1.807) is 18.2 Å². The van der Waals surface area contributed by atoms with Gasteiger partial charge in [-0.2, -0.15) is 0 Å². The van der Waals surface area contributed by atoms with E-state index >= 15 is 0 Å². The molecule has 4 nitrogen and oxygen atoms in total. The summed E-state index contributed by atoms with van der Waals surface area (Å²) in [6.07, 6.45) is -0.180. The summed E-state index contributed by atoms with van der Waals surface area (Å²) in [6, 6.07) is 4.99. The van der Waals surface area contributed by atoms with Crippen molar-refractivity contribution in [1.29, 1.82) is 0 Å². The fourth-order valence-corrected chi connectivity index (χ4v) is 1.18. The summed E-state index contributed by atoms with van der Waals surface area (Å²) in [5.41, 5.74) is 0.548. The van der Waals surface area contributed by atoms with Crippen LogP contribution in [-0.4, -0.2) is 20.2 Å². The van der Waals surface area contributed by atoms with Gasteiger partial charge in [0.05, 0.1) is 14.2 Å². The lowest BCUT2D eigenvalue weighted by molar-refractivity contribution is -0.304. The number of carbonyl (C=O) groups is 1. The lowest BCUT2D eigenvalue weighted by Crippen LogP contribution is -2.24. The van der Waals surface area contributed by atoms with Crippen molar-refractivity contribution in [3.05, 3.63) is 23.8 Å². The second-order valence-corrected chi connectivity index (χ2v) is 2.73. The number of carboxylic acids is 1. The summed E-state index contributed by atoms with van der Waals surface area (Å²) < 4.78 is 9.97. The number of ether oxygens (including phenoxy) is 2. The molecule has 1 aromatic carbocycles. The molecular formula is C10H11O4-. The molecule has 1 aromatic rings. The molecule has 0 heterocycles. The molecule has 14 heavy (non-hydrogen) atoms. The topological polar surface area (TPSA) is 58.6 Å². The zero-order chi connectivity index (χ0) is 10.6. The van der Waals surface area contributed by atoms with Crippen LogP contribution in [0, 0.1) is 0 Å². The number of hydrogen-bond donors (Lipinski definition) is 0. The van der Waals surface area contributed by atoms with Gasteiger partial charge in [0.2, 0.25) is 0 Å². The van der Waals surface area contributed by atoms with Crippen molar-refractivity contribution >= 4 is 5.97 Å². The fraction of sp³-hybridized carbons (Fsp3) is 0.300. The van der Waals surface area contributed by atoms with E-state index in [1.807, 2.05) is 0 Å². The molecule has 0 amide bonds. The van der Waals surface area contributed by atoms with Gasteiger partial charge in [0, 0.05) is 18.0 Å². The smallest absolute Gasteiger partial charge is 0.122 e. The van der Waals surface area contributed by atoms with Crippen LogP contribution in [0.3, 0.4) is 0 Å². The van der Waals surface area contributed by atoms with Crippen LogP contribution < -0.4 is 14.6 Å². The SMILES string of the molecule is COc1ccc(OC)c(CC(=O)[O-])c1. The number of benzene rings is 1. The zero-order valence-corrected chi connectivity index (χ0v) is 8.07. The predicted molar refractivity (Wildman–Crippen MR) is 48.3 cm³/mol. The maximum atomic E-state index is 10.4. The van der Waals surface area contributed by atoms with Gasteiger partial charge in [-0.1, -0.05) is 0 Å². The minimum absolute atomic E-state index is 0.180. The Kier molecular flexibility index (Phi) is 3.34. The molecule has 0 unspecified atom stereocenters. The molecule has 0 bridgehead atoms. The van der Waals surface area contributed by atoms with E-state index in [0.29, 0.717) is 17.1 Å². The maximum Gasteiger partial charge on any atom is 0.122 e. The van der Waals surface area contributed by atoms with Crippen LogP contribution in [0.5, 0.6) is 11.5 Å². The minimum atomic E-state index is -1.14. The molecule has 4 heteroatoms. The van der Waals surface area contributed by atoms with E-state index in [-0.39, 0.29) is 6.42 Å². The Hall–Kier alpha value is -1.71. The highest BCUT2D eigenvalue weighted by Crippen LogP contribution is 2.23. The Morgan fingerprint density at radius 2 is 2.07 bits per heavy atom. The number of aliphatic carboxylic acids is 1. The molecule has 0 saturated carbocycles. The number of hydrogen-bond acceptors (Lipinski definition) is 4. The second-order valence-electron chi connectivity index (χ2n) is 2.73. The summed E-state index contributed by atoms with van der Waals surface area (Å²) in [7, 11) is 3.01. The van der Waals surface area contributed by atoms with Gasteiger partial charge >= 0.3 is 0 Å². The molecular weight excluding hydrogens is 184 g/mol. The Balaban J connectivity index is 3.01. The van der Waals surface area contributed by atoms with Crippen molar-refractivity contribution in [1.82, 2.24) is 0 Å². The van der Waals surface area contributed by atoms with Crippen molar-refractivity contribution in [2.75, 3.05) is 14.2 Å². The van der Waals surface area contributed by atoms with Crippen LogP contribution in [0.4, 0.5) is 0 Å². The van der Waals surface area contributed by atoms with Gasteiger partial charge in [-0.3, -0.25) is 0 Å². The first kappa shape index (κ1) is 10.4. The number of rotatable bonds is 4. The highest BCUT2D eigenvalue weighted by Gasteiger charge is 2.04. The van der Waals surface area contributed by atoms with Gasteiger partial charge in [0.1, 0.15) is 11.5 Å². The van der Waals surface area contributed by atoms with Gasteiger partial charge in [-0.05, 0) is 18.2 Å². The summed E-state index contributed by atoms with van der Waals surface area (Å²) in [6.45, 7) is 0. The largest absolute Gasteiger partial charge is 0.550 e. The zero-order valence-electron chi connectivity index (χ0n) is 8.07. The molecule has 0 aliphatic heterocycles. The third-order valence-electron chi connectivity index (χ3n) is 1.82. The quantitative estimate of drug-likeness (QED) is 0.678. The summed E-state index contributed by atoms with van der Waals surface area (Å²) in [5.74, 6) is -0.0198. The average molecular weight is 195 g/mol. The Morgan fingerprint density at radius 1 is 1.36 bits per heavy atom. The first-order valence-electron chi connectivity index (χ1n) is 4.08. The monoisotopic (exact) mass is 195 g/mol. The molecule has 0 atom stereocenters. The molecule has 76 valence electrons. The Labute approximate surface area is 82.1 Å². The summed E-state index contributed by atoms with van der Waals surface area (Å²) in [5, 5.41) is 10.4. The molecule has 0 spiro atoms. The molecule has 0 aliphatic carbocycles. The first-order chi connectivity index (χ1) is 6.67. The predicted octanol–water partition coefficient (Wildman–Crippen LogP) is -0.00380. The molecule has 0 radical (unpaired) electrons. The van der Waals surface area contributed by atoms with Crippen LogP contribution in [0.25, 0.3) is 0 Å². The van der Waals surface area contributed by atoms with Crippen LogP contribution in [-0.2, 0) is 11.2 Å². The molecule has 0 saturated heterocycles. The van der Waals surface area contributed by atoms with Crippen LogP contribution in [0.1, 0.15) is 5.56 Å². The highest BCUT2D eigenvalue weighted by molar-refractivity contribution is 5.69. The van der Waals surface area contributed by atoms with Crippen LogP contribution in [0.15, 0.2) is 18.2 Å². The van der Waals surface area contributed by atoms with Crippen molar-refractivity contribution in [3.63, 3.8) is 0 Å². The number of carbonyl (C=O) groups excluding carboxylic acids is 1. The normalized spacial score (nSPS) is 9.57. The molecule has 0 aromatic heterocycles. The average Bonchev–Trinajstić information content (AvgIpc) is 2.16. The fourth-order valence-electron chi connectivity index (χ4n) is 1.18. The van der Waals surface area contributed by atoms with Crippen LogP contribution >= 0.6 is 0 Å². The van der Waals surface area contributed by atoms with Gasteiger partial charge in [-0.15, -0.1) is 0 Å². The van der Waals surface area contributed by atoms with E-state index in [9.17, 15) is 9.90 Å². The third kappa shape index (κ3) is 2.39. The Bertz CT molecular complexity index is 333. The summed E-state index contributed by atoms with van der Waals surface area (Å²) in [4.78, 5) is 10.4. The van der Waals surface area contributed by atoms with Crippen molar-refractivity contribution in [2.24, 2.45) is 0 Å². The van der Waals surface area contributed by atoms with Crippen molar-refractivity contribution in [3.8, 4) is 11.5 Å². The van der Waals surface area contributed by atoms with E-state index in [0.717, 1.165) is 0 Å². The van der Waals surface area contributed by atoms with Crippen LogP contribution in [0.2, 0.25) is 0 Å². The van der Waals surface area contributed by atoms with Crippen molar-refractivity contribution < 1.29 is 19.4 Å². The standard InChI is InChI=1S/C10H12O4/c1-13-8-3-4-9(14-2)7(5-8)6-10(11)12/h3-5H,6H2,1-2H3,(H,11,12)/p-1. The number of carboxylic acid groups (broad SMARTS) is 1. The molecule has 0 aliphatic rings. The van der Waals surface area contributed by atoms with Gasteiger partial charge in [0.15, 0.2) is 0 Å². The van der Waals surface area contributed by atoms with E-state index in [1.165, 1.54) is 14.2 Å². The lowest BCUT2D eigenvalue weighted by Gasteiger charge is -2.10. The molecule has 1 rings (SSSR count). The van der Waals surface area contributed by atoms with E-state index in [2.05, 4.69) is 0 Å². The van der Waals surface area contributed by atoms with Crippen molar-refractivity contribution in [2.45, 2.75) is 6.42 Å². The maximum absolute atomic E-state index is 10.4. The third-order valence-corrected chi connectivity index (χ3v) is 1.82. The molecule has 0 N–H and O–H groups in total. The highest BCUT2D eigenvalue weighted by atomic mass is 16.5.